The van der Waals surface area contributed by atoms with Crippen LogP contribution in [0.1, 0.15) is 66.7 Å². The van der Waals surface area contributed by atoms with E-state index in [9.17, 15) is 4.79 Å². The molecular formula is C20H37N3O2. The van der Waals surface area contributed by atoms with Crippen LogP contribution in [0.3, 0.4) is 0 Å². The molecule has 1 unspecified atom stereocenters. The lowest BCUT2D eigenvalue weighted by molar-refractivity contribution is -0.120. The van der Waals surface area contributed by atoms with Crippen molar-refractivity contribution in [3.63, 3.8) is 0 Å². The van der Waals surface area contributed by atoms with Crippen LogP contribution in [0.25, 0.3) is 0 Å². The lowest BCUT2D eigenvalue weighted by Crippen LogP contribution is -2.48. The molecule has 0 saturated heterocycles. The third-order valence-corrected chi connectivity index (χ3v) is 4.32. The summed E-state index contributed by atoms with van der Waals surface area (Å²) in [6, 6.07) is 3.93. The van der Waals surface area contributed by atoms with Gasteiger partial charge in [0, 0.05) is 12.1 Å². The number of furan rings is 1. The summed E-state index contributed by atoms with van der Waals surface area (Å²) >= 11 is 0. The Labute approximate surface area is 153 Å². The predicted octanol–water partition coefficient (Wildman–Crippen LogP) is 3.58. The highest BCUT2D eigenvalue weighted by Crippen LogP contribution is 2.26. The van der Waals surface area contributed by atoms with Crippen LogP contribution in [-0.2, 0) is 4.79 Å². The normalized spacial score (nSPS) is 13.9. The van der Waals surface area contributed by atoms with Gasteiger partial charge in [-0.1, -0.05) is 34.6 Å². The van der Waals surface area contributed by atoms with Crippen LogP contribution >= 0.6 is 0 Å². The molecular weight excluding hydrogens is 314 g/mol. The van der Waals surface area contributed by atoms with Crippen LogP contribution in [0.4, 0.5) is 0 Å². The summed E-state index contributed by atoms with van der Waals surface area (Å²) in [5, 5.41) is 6.43. The molecule has 0 radical (unpaired) electrons. The van der Waals surface area contributed by atoms with Crippen molar-refractivity contribution in [1.29, 1.82) is 0 Å². The van der Waals surface area contributed by atoms with Crippen molar-refractivity contribution in [2.24, 2.45) is 5.41 Å². The van der Waals surface area contributed by atoms with Gasteiger partial charge < -0.3 is 15.1 Å². The maximum Gasteiger partial charge on any atom is 0.234 e. The number of nitrogens with zero attached hydrogens (tertiary/aromatic N) is 1. The zero-order chi connectivity index (χ0) is 19.1. The zero-order valence-corrected chi connectivity index (χ0v) is 17.1. The molecule has 1 amide bonds. The van der Waals surface area contributed by atoms with Crippen molar-refractivity contribution in [2.45, 2.75) is 66.5 Å². The summed E-state index contributed by atoms with van der Waals surface area (Å²) in [4.78, 5) is 14.6. The molecule has 0 aliphatic carbocycles. The number of carbonyl (C=O) groups excluding carboxylic acids is 1. The van der Waals surface area contributed by atoms with E-state index in [2.05, 4.69) is 64.0 Å². The number of hydrogen-bond donors (Lipinski definition) is 2. The average molecular weight is 352 g/mol. The Morgan fingerprint density at radius 3 is 2.32 bits per heavy atom. The van der Waals surface area contributed by atoms with Gasteiger partial charge in [0.25, 0.3) is 0 Å². The number of nitrogens with one attached hydrogen (secondary N) is 2. The van der Waals surface area contributed by atoms with E-state index >= 15 is 0 Å². The average Bonchev–Trinajstić information content (AvgIpc) is 3.01. The van der Waals surface area contributed by atoms with E-state index in [-0.39, 0.29) is 22.9 Å². The first kappa shape index (κ1) is 21.7. The van der Waals surface area contributed by atoms with E-state index < -0.39 is 0 Å². The van der Waals surface area contributed by atoms with Gasteiger partial charge in [0.15, 0.2) is 0 Å². The Balaban J connectivity index is 2.55. The van der Waals surface area contributed by atoms with Crippen LogP contribution in [0.15, 0.2) is 22.8 Å². The topological polar surface area (TPSA) is 57.5 Å². The molecule has 0 aliphatic rings. The number of amides is 1. The molecule has 0 bridgehead atoms. The molecule has 1 rings (SSSR count). The summed E-state index contributed by atoms with van der Waals surface area (Å²) < 4.78 is 5.57. The van der Waals surface area contributed by atoms with Gasteiger partial charge in [0.1, 0.15) is 5.76 Å². The first-order valence-electron chi connectivity index (χ1n) is 9.37. The predicted molar refractivity (Wildman–Crippen MR) is 104 cm³/mol. The van der Waals surface area contributed by atoms with Crippen molar-refractivity contribution in [1.82, 2.24) is 15.5 Å². The zero-order valence-electron chi connectivity index (χ0n) is 17.1. The minimum atomic E-state index is -0.0745. The summed E-state index contributed by atoms with van der Waals surface area (Å²) in [7, 11) is 0. The van der Waals surface area contributed by atoms with Crippen molar-refractivity contribution >= 4 is 5.91 Å². The number of carbonyl (C=O) groups is 1. The van der Waals surface area contributed by atoms with Crippen LogP contribution in [0.5, 0.6) is 0 Å². The highest BCUT2D eigenvalue weighted by Gasteiger charge is 2.26. The molecule has 25 heavy (non-hydrogen) atoms. The molecule has 2 N–H and O–H groups in total. The molecule has 0 aromatic carbocycles. The second-order valence-corrected chi connectivity index (χ2v) is 8.53. The second-order valence-electron chi connectivity index (χ2n) is 8.53. The van der Waals surface area contributed by atoms with E-state index in [1.165, 1.54) is 0 Å². The van der Waals surface area contributed by atoms with Crippen LogP contribution in [-0.4, -0.2) is 42.5 Å². The Kier molecular flexibility index (Phi) is 8.16. The third kappa shape index (κ3) is 8.06. The summed E-state index contributed by atoms with van der Waals surface area (Å²) in [6.07, 6.45) is 2.69. The molecule has 1 aromatic rings. The molecule has 1 heterocycles. The molecule has 1 aromatic heterocycles. The highest BCUT2D eigenvalue weighted by molar-refractivity contribution is 5.78. The van der Waals surface area contributed by atoms with E-state index in [1.807, 2.05) is 12.1 Å². The smallest absolute Gasteiger partial charge is 0.234 e. The van der Waals surface area contributed by atoms with E-state index in [0.29, 0.717) is 13.1 Å². The quantitative estimate of drug-likeness (QED) is 0.676. The molecule has 144 valence electrons. The van der Waals surface area contributed by atoms with Gasteiger partial charge in [0.2, 0.25) is 5.91 Å². The molecule has 0 saturated carbocycles. The second kappa shape index (κ2) is 9.39. The number of rotatable bonds is 10. The fourth-order valence-corrected chi connectivity index (χ4v) is 3.54. The molecule has 0 fully saturated rings. The maximum atomic E-state index is 12.3. The third-order valence-electron chi connectivity index (χ3n) is 4.32. The first-order valence-corrected chi connectivity index (χ1v) is 9.37. The summed E-state index contributed by atoms with van der Waals surface area (Å²) in [6.45, 7) is 17.9. The Morgan fingerprint density at radius 2 is 1.84 bits per heavy atom. The highest BCUT2D eigenvalue weighted by atomic mass is 16.3. The van der Waals surface area contributed by atoms with Crippen LogP contribution in [0, 0.1) is 5.41 Å². The monoisotopic (exact) mass is 351 g/mol. The molecule has 5 heteroatoms. The van der Waals surface area contributed by atoms with E-state index in [1.54, 1.807) is 6.26 Å². The largest absolute Gasteiger partial charge is 0.468 e. The molecule has 5 nitrogen and oxygen atoms in total. The number of likely N-dealkylation sites (N-methyl/N-ethyl adjacent to an activating group) is 1. The Hall–Kier alpha value is -1.33. The Morgan fingerprint density at radius 1 is 1.20 bits per heavy atom. The van der Waals surface area contributed by atoms with Gasteiger partial charge in [-0.25, -0.2) is 0 Å². The van der Waals surface area contributed by atoms with E-state index in [0.717, 1.165) is 25.3 Å². The Bertz CT molecular complexity index is 500. The summed E-state index contributed by atoms with van der Waals surface area (Å²) in [5.41, 5.74) is 0.148. The first-order chi connectivity index (χ1) is 11.6. The van der Waals surface area contributed by atoms with Gasteiger partial charge in [0.05, 0.1) is 18.8 Å². The van der Waals surface area contributed by atoms with Gasteiger partial charge in [-0.15, -0.1) is 0 Å². The lowest BCUT2D eigenvalue weighted by atomic mass is 9.82. The maximum absolute atomic E-state index is 12.3. The summed E-state index contributed by atoms with van der Waals surface area (Å²) in [5.74, 6) is 0.913. The SMILES string of the molecule is CCN(CC)C(CNC(=O)CNC(C)(C)CC(C)(C)C)c1ccco1. The fraction of sp³-hybridized carbons (Fsp3) is 0.750. The fourth-order valence-electron chi connectivity index (χ4n) is 3.54. The minimum Gasteiger partial charge on any atom is -0.468 e. The molecule has 0 spiro atoms. The van der Waals surface area contributed by atoms with Crippen LogP contribution < -0.4 is 10.6 Å². The molecule has 0 aliphatic heterocycles. The standard InChI is InChI=1S/C20H37N3O2/c1-8-23(9-2)16(17-11-10-12-25-17)13-21-18(24)14-22-20(6,7)15-19(3,4)5/h10-12,16,22H,8-9,13-15H2,1-7H3,(H,21,24). The van der Waals surface area contributed by atoms with Gasteiger partial charge >= 0.3 is 0 Å². The van der Waals surface area contributed by atoms with Crippen molar-refractivity contribution in [2.75, 3.05) is 26.2 Å². The van der Waals surface area contributed by atoms with Gasteiger partial charge in [-0.05, 0) is 50.9 Å². The van der Waals surface area contributed by atoms with Gasteiger partial charge in [-0.3, -0.25) is 9.69 Å². The van der Waals surface area contributed by atoms with Crippen molar-refractivity contribution in [3.8, 4) is 0 Å². The minimum absolute atomic E-state index is 0.0192. The van der Waals surface area contributed by atoms with Crippen LogP contribution in [0.2, 0.25) is 0 Å². The van der Waals surface area contributed by atoms with Gasteiger partial charge in [-0.2, -0.15) is 0 Å². The van der Waals surface area contributed by atoms with Crippen molar-refractivity contribution < 1.29 is 9.21 Å². The van der Waals surface area contributed by atoms with E-state index in [4.69, 9.17) is 4.42 Å². The molecule has 1 atom stereocenters. The lowest BCUT2D eigenvalue weighted by Gasteiger charge is -2.33. The van der Waals surface area contributed by atoms with Crippen molar-refractivity contribution in [3.05, 3.63) is 24.2 Å². The number of hydrogen-bond acceptors (Lipinski definition) is 4.